The lowest BCUT2D eigenvalue weighted by Crippen LogP contribution is -2.08. The van der Waals surface area contributed by atoms with E-state index in [2.05, 4.69) is 15.9 Å². The first-order chi connectivity index (χ1) is 8.91. The molecule has 2 rings (SSSR count). The lowest BCUT2D eigenvalue weighted by Gasteiger charge is -2.07. The van der Waals surface area contributed by atoms with Crippen LogP contribution in [0.25, 0.3) is 0 Å². The smallest absolute Gasteiger partial charge is 0.197 e. The van der Waals surface area contributed by atoms with E-state index in [0.29, 0.717) is 13.6 Å². The largest absolute Gasteiger partial charge is 0.288 e. The summed E-state index contributed by atoms with van der Waals surface area (Å²) in [6.45, 7) is 1.45. The molecule has 0 amide bonds. The van der Waals surface area contributed by atoms with Gasteiger partial charge in [0.25, 0.3) is 0 Å². The Kier molecular flexibility index (Phi) is 4.35. The molecular formula is C14H8BrF2IO. The molecule has 2 aromatic rings. The second-order valence-electron chi connectivity index (χ2n) is 4.01. The summed E-state index contributed by atoms with van der Waals surface area (Å²) in [5.74, 6) is -2.60. The predicted molar refractivity (Wildman–Crippen MR) is 81.4 cm³/mol. The van der Waals surface area contributed by atoms with Crippen LogP contribution >= 0.6 is 38.5 Å². The second kappa shape index (κ2) is 5.66. The Morgan fingerprint density at radius 1 is 1.11 bits per heavy atom. The van der Waals surface area contributed by atoms with Crippen LogP contribution in [-0.2, 0) is 0 Å². The molecule has 0 heterocycles. The Morgan fingerprint density at radius 2 is 1.79 bits per heavy atom. The molecular weight excluding hydrogens is 429 g/mol. The van der Waals surface area contributed by atoms with Crippen molar-refractivity contribution in [2.75, 3.05) is 0 Å². The van der Waals surface area contributed by atoms with Gasteiger partial charge >= 0.3 is 0 Å². The van der Waals surface area contributed by atoms with Gasteiger partial charge < -0.3 is 0 Å². The third-order valence-corrected chi connectivity index (χ3v) is 4.13. The average molecular weight is 437 g/mol. The molecule has 0 spiro atoms. The van der Waals surface area contributed by atoms with E-state index in [1.54, 1.807) is 18.2 Å². The van der Waals surface area contributed by atoms with E-state index in [4.69, 9.17) is 0 Å². The molecule has 0 atom stereocenters. The molecule has 19 heavy (non-hydrogen) atoms. The van der Waals surface area contributed by atoms with Gasteiger partial charge in [-0.1, -0.05) is 22.0 Å². The van der Waals surface area contributed by atoms with Crippen LogP contribution in [0, 0.1) is 22.1 Å². The van der Waals surface area contributed by atoms with Crippen molar-refractivity contribution in [2.45, 2.75) is 6.92 Å². The van der Waals surface area contributed by atoms with Crippen molar-refractivity contribution >= 4 is 44.3 Å². The Labute approximate surface area is 131 Å². The van der Waals surface area contributed by atoms with Gasteiger partial charge in [0, 0.05) is 13.6 Å². The molecule has 0 N–H and O–H groups in total. The van der Waals surface area contributed by atoms with Crippen LogP contribution in [0.2, 0.25) is 0 Å². The predicted octanol–water partition coefficient (Wildman–Crippen LogP) is 4.87. The van der Waals surface area contributed by atoms with Crippen LogP contribution in [-0.4, -0.2) is 5.78 Å². The van der Waals surface area contributed by atoms with Gasteiger partial charge in [-0.3, -0.25) is 4.79 Å². The van der Waals surface area contributed by atoms with E-state index in [9.17, 15) is 13.6 Å². The minimum Gasteiger partial charge on any atom is -0.288 e. The number of carbonyl (C=O) groups excluding carboxylic acids is 1. The normalized spacial score (nSPS) is 10.6. The number of benzene rings is 2. The Balaban J connectivity index is 2.56. The molecule has 0 saturated carbocycles. The fraction of sp³-hybridized carbons (Fsp3) is 0.0714. The topological polar surface area (TPSA) is 17.1 Å². The molecule has 0 fully saturated rings. The summed E-state index contributed by atoms with van der Waals surface area (Å²) in [5, 5.41) is 0. The third-order valence-electron chi connectivity index (χ3n) is 2.69. The van der Waals surface area contributed by atoms with Crippen LogP contribution in [0.15, 0.2) is 34.8 Å². The zero-order chi connectivity index (χ0) is 14.2. The van der Waals surface area contributed by atoms with E-state index in [1.165, 1.54) is 19.1 Å². The first-order valence-corrected chi connectivity index (χ1v) is 7.23. The number of hydrogen-bond donors (Lipinski definition) is 0. The Hall–Kier alpha value is -0.820. The van der Waals surface area contributed by atoms with E-state index in [-0.39, 0.29) is 11.1 Å². The van der Waals surface area contributed by atoms with E-state index in [0.717, 1.165) is 0 Å². The second-order valence-corrected chi connectivity index (χ2v) is 6.09. The number of halogens is 4. The summed E-state index contributed by atoms with van der Waals surface area (Å²) in [5.41, 5.74) is 0.272. The van der Waals surface area contributed by atoms with Crippen molar-refractivity contribution in [1.29, 1.82) is 0 Å². The molecule has 0 aliphatic heterocycles. The molecule has 0 bridgehead atoms. The molecule has 0 unspecified atom stereocenters. The highest BCUT2D eigenvalue weighted by atomic mass is 127. The number of carbonyl (C=O) groups is 1. The molecule has 0 aromatic heterocycles. The molecule has 0 radical (unpaired) electrons. The van der Waals surface area contributed by atoms with Gasteiger partial charge in [0.15, 0.2) is 17.4 Å². The highest BCUT2D eigenvalue weighted by Crippen LogP contribution is 2.24. The molecule has 1 nitrogen and oxygen atoms in total. The first-order valence-electron chi connectivity index (χ1n) is 5.36. The van der Waals surface area contributed by atoms with Gasteiger partial charge in [0.1, 0.15) is 0 Å². The zero-order valence-corrected chi connectivity index (χ0v) is 13.6. The molecule has 0 saturated heterocycles. The summed E-state index contributed by atoms with van der Waals surface area (Å²) >= 11 is 5.25. The fourth-order valence-electron chi connectivity index (χ4n) is 1.64. The maximum atomic E-state index is 13.8. The van der Waals surface area contributed by atoms with Gasteiger partial charge in [0.2, 0.25) is 0 Å². The lowest BCUT2D eigenvalue weighted by molar-refractivity contribution is 0.103. The standard InChI is InChI=1S/C14H8BrF2IO/c1-7-2-4-9(13(17)12(7)16)14(19)10-6-8(15)3-5-11(10)18/h2-6H,1H3. The van der Waals surface area contributed by atoms with Crippen LogP contribution in [0.3, 0.4) is 0 Å². The summed E-state index contributed by atoms with van der Waals surface area (Å²) < 4.78 is 28.7. The van der Waals surface area contributed by atoms with Crippen LogP contribution in [0.1, 0.15) is 21.5 Å². The van der Waals surface area contributed by atoms with E-state index >= 15 is 0 Å². The van der Waals surface area contributed by atoms with Crippen molar-refractivity contribution in [1.82, 2.24) is 0 Å². The van der Waals surface area contributed by atoms with Crippen molar-refractivity contribution in [3.05, 3.63) is 66.7 Å². The minimum atomic E-state index is -1.10. The van der Waals surface area contributed by atoms with Crippen LogP contribution < -0.4 is 0 Å². The van der Waals surface area contributed by atoms with Gasteiger partial charge in [0.05, 0.1) is 5.56 Å². The number of ketones is 1. The zero-order valence-electron chi connectivity index (χ0n) is 9.81. The summed E-state index contributed by atoms with van der Waals surface area (Å²) in [4.78, 5) is 12.3. The number of hydrogen-bond acceptors (Lipinski definition) is 1. The molecule has 98 valence electrons. The van der Waals surface area contributed by atoms with Gasteiger partial charge in [-0.25, -0.2) is 8.78 Å². The quantitative estimate of drug-likeness (QED) is 0.484. The Bertz CT molecular complexity index is 671. The van der Waals surface area contributed by atoms with E-state index < -0.39 is 17.4 Å². The highest BCUT2D eigenvalue weighted by molar-refractivity contribution is 14.1. The monoisotopic (exact) mass is 436 g/mol. The Morgan fingerprint density at radius 3 is 2.47 bits per heavy atom. The molecule has 0 aliphatic rings. The first kappa shape index (κ1) is 14.6. The van der Waals surface area contributed by atoms with Crippen molar-refractivity contribution in [3.8, 4) is 0 Å². The summed E-state index contributed by atoms with van der Waals surface area (Å²) in [6, 6.07) is 7.83. The van der Waals surface area contributed by atoms with Crippen molar-refractivity contribution in [2.24, 2.45) is 0 Å². The van der Waals surface area contributed by atoms with Crippen LogP contribution in [0.5, 0.6) is 0 Å². The van der Waals surface area contributed by atoms with Crippen LogP contribution in [0.4, 0.5) is 8.78 Å². The van der Waals surface area contributed by atoms with Crippen molar-refractivity contribution in [3.63, 3.8) is 0 Å². The SMILES string of the molecule is Cc1ccc(C(=O)c2cc(Br)ccc2I)c(F)c1F. The maximum absolute atomic E-state index is 13.8. The minimum absolute atomic E-state index is 0.179. The number of aryl methyl sites for hydroxylation is 1. The maximum Gasteiger partial charge on any atom is 0.197 e. The molecule has 2 aromatic carbocycles. The average Bonchev–Trinajstić information content (AvgIpc) is 2.38. The third kappa shape index (κ3) is 2.86. The fourth-order valence-corrected chi connectivity index (χ4v) is 2.58. The van der Waals surface area contributed by atoms with Crippen molar-refractivity contribution < 1.29 is 13.6 Å². The molecule has 5 heteroatoms. The van der Waals surface area contributed by atoms with E-state index in [1.807, 2.05) is 22.6 Å². The van der Waals surface area contributed by atoms with Gasteiger partial charge in [-0.2, -0.15) is 0 Å². The van der Waals surface area contributed by atoms with Gasteiger partial charge in [-0.15, -0.1) is 0 Å². The lowest BCUT2D eigenvalue weighted by atomic mass is 10.0. The number of rotatable bonds is 2. The highest BCUT2D eigenvalue weighted by Gasteiger charge is 2.20. The molecule has 0 aliphatic carbocycles. The summed E-state index contributed by atoms with van der Waals surface area (Å²) in [7, 11) is 0. The summed E-state index contributed by atoms with van der Waals surface area (Å²) in [6.07, 6.45) is 0. The van der Waals surface area contributed by atoms with Gasteiger partial charge in [-0.05, 0) is 59.3 Å².